The Morgan fingerprint density at radius 2 is 1.94 bits per heavy atom. The van der Waals surface area contributed by atoms with E-state index in [1.165, 1.54) is 11.3 Å². The fraction of sp³-hybridized carbons (Fsp3) is 0. The van der Waals surface area contributed by atoms with E-state index in [0.717, 1.165) is 10.2 Å². The van der Waals surface area contributed by atoms with E-state index in [0.29, 0.717) is 11.3 Å². The molecule has 1 aromatic carbocycles. The average Bonchev–Trinajstić information content (AvgIpc) is 2.89. The Morgan fingerprint density at radius 1 is 1.11 bits per heavy atom. The van der Waals surface area contributed by atoms with Crippen molar-refractivity contribution in [3.63, 3.8) is 0 Å². The molecule has 0 N–H and O–H groups in total. The molecule has 0 radical (unpaired) electrons. The van der Waals surface area contributed by atoms with Gasteiger partial charge in [-0.3, -0.25) is 4.98 Å². The summed E-state index contributed by atoms with van der Waals surface area (Å²) in [7, 11) is 0. The van der Waals surface area contributed by atoms with Gasteiger partial charge in [-0.15, -0.1) is 11.3 Å². The van der Waals surface area contributed by atoms with Crippen molar-refractivity contribution in [3.05, 3.63) is 59.6 Å². The summed E-state index contributed by atoms with van der Waals surface area (Å²) in [6, 6.07) is 12.6. The Hall–Kier alpha value is -2.20. The molecule has 0 bridgehead atoms. The van der Waals surface area contributed by atoms with Crippen LogP contribution in [0.3, 0.4) is 0 Å². The summed E-state index contributed by atoms with van der Waals surface area (Å²) in [5.41, 5.74) is 1.39. The van der Waals surface area contributed by atoms with Gasteiger partial charge in [0, 0.05) is 12.3 Å². The Morgan fingerprint density at radius 3 is 2.78 bits per heavy atom. The lowest BCUT2D eigenvalue weighted by Crippen LogP contribution is -2.08. The van der Waals surface area contributed by atoms with Gasteiger partial charge in [0.1, 0.15) is 0 Å². The van der Waals surface area contributed by atoms with Crippen LogP contribution in [0.5, 0.6) is 5.75 Å². The Bertz CT molecular complexity index is 691. The minimum Gasteiger partial charge on any atom is -0.421 e. The monoisotopic (exact) mass is 255 g/mol. The maximum absolute atomic E-state index is 11.9. The Labute approximate surface area is 108 Å². The number of benzene rings is 1. The number of esters is 1. The quantitative estimate of drug-likeness (QED) is 0.658. The topological polar surface area (TPSA) is 39.2 Å². The fourth-order valence-corrected chi connectivity index (χ4v) is 2.46. The maximum atomic E-state index is 11.9. The molecule has 3 nitrogen and oxygen atoms in total. The van der Waals surface area contributed by atoms with Crippen molar-refractivity contribution >= 4 is 27.5 Å². The molecule has 2 aromatic heterocycles. The molecule has 4 heteroatoms. The van der Waals surface area contributed by atoms with Gasteiger partial charge in [-0.2, -0.15) is 0 Å². The molecule has 0 aliphatic carbocycles. The molecule has 0 saturated carbocycles. The number of rotatable bonds is 2. The lowest BCUT2D eigenvalue weighted by atomic mass is 10.2. The predicted molar refractivity (Wildman–Crippen MR) is 71.0 cm³/mol. The van der Waals surface area contributed by atoms with Gasteiger partial charge in [-0.1, -0.05) is 18.2 Å². The summed E-state index contributed by atoms with van der Waals surface area (Å²) < 4.78 is 6.29. The number of ether oxygens (including phenoxy) is 1. The summed E-state index contributed by atoms with van der Waals surface area (Å²) in [5, 5.41) is 1.93. The van der Waals surface area contributed by atoms with Gasteiger partial charge in [0.05, 0.1) is 15.8 Å². The van der Waals surface area contributed by atoms with E-state index in [1.54, 1.807) is 24.4 Å². The second-order valence-electron chi connectivity index (χ2n) is 3.70. The fourth-order valence-electron chi connectivity index (χ4n) is 1.66. The second-order valence-corrected chi connectivity index (χ2v) is 4.62. The SMILES string of the molecule is O=C(Oc1ccnc2ccsc12)c1ccccc1. The molecule has 0 unspecified atom stereocenters. The van der Waals surface area contributed by atoms with Crippen molar-refractivity contribution in [2.75, 3.05) is 0 Å². The molecule has 88 valence electrons. The van der Waals surface area contributed by atoms with Gasteiger partial charge in [-0.25, -0.2) is 4.79 Å². The summed E-state index contributed by atoms with van der Waals surface area (Å²) in [5.74, 6) is 0.209. The van der Waals surface area contributed by atoms with Gasteiger partial charge >= 0.3 is 5.97 Å². The molecule has 0 saturated heterocycles. The van der Waals surface area contributed by atoms with Crippen LogP contribution in [0, 0.1) is 0 Å². The van der Waals surface area contributed by atoms with Crippen molar-refractivity contribution in [2.45, 2.75) is 0 Å². The van der Waals surface area contributed by atoms with Crippen LogP contribution in [0.4, 0.5) is 0 Å². The van der Waals surface area contributed by atoms with E-state index in [2.05, 4.69) is 4.98 Å². The number of carbonyl (C=O) groups excluding carboxylic acids is 1. The molecule has 0 spiro atoms. The van der Waals surface area contributed by atoms with Crippen LogP contribution in [-0.4, -0.2) is 11.0 Å². The average molecular weight is 255 g/mol. The van der Waals surface area contributed by atoms with E-state index < -0.39 is 0 Å². The Kier molecular flexibility index (Phi) is 2.78. The number of fused-ring (bicyclic) bond motifs is 1. The first kappa shape index (κ1) is 10.9. The highest BCUT2D eigenvalue weighted by Gasteiger charge is 2.11. The number of pyridine rings is 1. The summed E-state index contributed by atoms with van der Waals surface area (Å²) in [4.78, 5) is 16.1. The van der Waals surface area contributed by atoms with Crippen molar-refractivity contribution in [1.29, 1.82) is 0 Å². The number of carbonyl (C=O) groups is 1. The molecule has 0 aliphatic rings. The zero-order valence-corrected chi connectivity index (χ0v) is 10.2. The predicted octanol–water partition coefficient (Wildman–Crippen LogP) is 3.52. The first-order valence-electron chi connectivity index (χ1n) is 5.44. The van der Waals surface area contributed by atoms with Crippen molar-refractivity contribution in [2.24, 2.45) is 0 Å². The van der Waals surface area contributed by atoms with E-state index >= 15 is 0 Å². The Balaban J connectivity index is 1.93. The van der Waals surface area contributed by atoms with Gasteiger partial charge < -0.3 is 4.74 Å². The van der Waals surface area contributed by atoms with Gasteiger partial charge in [0.2, 0.25) is 0 Å². The first-order valence-corrected chi connectivity index (χ1v) is 6.32. The molecule has 2 heterocycles. The largest absolute Gasteiger partial charge is 0.421 e. The van der Waals surface area contributed by atoms with E-state index in [1.807, 2.05) is 29.6 Å². The molecule has 18 heavy (non-hydrogen) atoms. The summed E-state index contributed by atoms with van der Waals surface area (Å²) >= 11 is 1.51. The van der Waals surface area contributed by atoms with Crippen molar-refractivity contribution in [1.82, 2.24) is 4.98 Å². The van der Waals surface area contributed by atoms with Crippen LogP contribution in [0.1, 0.15) is 10.4 Å². The van der Waals surface area contributed by atoms with E-state index in [4.69, 9.17) is 4.74 Å². The van der Waals surface area contributed by atoms with Crippen LogP contribution in [-0.2, 0) is 0 Å². The maximum Gasteiger partial charge on any atom is 0.343 e. The minimum atomic E-state index is -0.350. The number of nitrogens with zero attached hydrogens (tertiary/aromatic N) is 1. The lowest BCUT2D eigenvalue weighted by Gasteiger charge is -2.04. The summed E-state index contributed by atoms with van der Waals surface area (Å²) in [6.45, 7) is 0. The molecule has 0 fully saturated rings. The molecule has 3 rings (SSSR count). The van der Waals surface area contributed by atoms with Crippen LogP contribution in [0.2, 0.25) is 0 Å². The molecule has 0 amide bonds. The number of thiophene rings is 1. The zero-order chi connectivity index (χ0) is 12.4. The third-order valence-electron chi connectivity index (χ3n) is 2.52. The summed E-state index contributed by atoms with van der Waals surface area (Å²) in [6.07, 6.45) is 1.64. The van der Waals surface area contributed by atoms with Crippen LogP contribution in [0.15, 0.2) is 54.0 Å². The van der Waals surface area contributed by atoms with E-state index in [-0.39, 0.29) is 5.97 Å². The smallest absolute Gasteiger partial charge is 0.343 e. The van der Waals surface area contributed by atoms with Gasteiger partial charge in [0.25, 0.3) is 0 Å². The minimum absolute atomic E-state index is 0.350. The van der Waals surface area contributed by atoms with Gasteiger partial charge in [0.15, 0.2) is 5.75 Å². The van der Waals surface area contributed by atoms with Crippen molar-refractivity contribution in [3.8, 4) is 5.75 Å². The molecule has 3 aromatic rings. The highest BCUT2D eigenvalue weighted by atomic mass is 32.1. The zero-order valence-electron chi connectivity index (χ0n) is 9.37. The third-order valence-corrected chi connectivity index (χ3v) is 3.44. The third kappa shape index (κ3) is 1.98. The highest BCUT2D eigenvalue weighted by molar-refractivity contribution is 7.17. The van der Waals surface area contributed by atoms with Crippen LogP contribution >= 0.6 is 11.3 Å². The normalized spacial score (nSPS) is 10.4. The standard InChI is InChI=1S/C14H9NO2S/c16-14(10-4-2-1-3-5-10)17-12-6-8-15-11-7-9-18-13(11)12/h1-9H. The molecule has 0 aliphatic heterocycles. The van der Waals surface area contributed by atoms with E-state index in [9.17, 15) is 4.79 Å². The number of hydrogen-bond acceptors (Lipinski definition) is 4. The second kappa shape index (κ2) is 4.58. The first-order chi connectivity index (χ1) is 8.84. The van der Waals surface area contributed by atoms with Gasteiger partial charge in [-0.05, 0) is 23.6 Å². The molecular formula is C14H9NO2S. The number of aromatic nitrogens is 1. The molecular weight excluding hydrogens is 246 g/mol. The van der Waals surface area contributed by atoms with Crippen molar-refractivity contribution < 1.29 is 9.53 Å². The molecule has 0 atom stereocenters. The highest BCUT2D eigenvalue weighted by Crippen LogP contribution is 2.29. The lowest BCUT2D eigenvalue weighted by molar-refractivity contribution is 0.0737. The van der Waals surface area contributed by atoms with Crippen LogP contribution in [0.25, 0.3) is 10.2 Å². The van der Waals surface area contributed by atoms with Crippen LogP contribution < -0.4 is 4.74 Å². The number of hydrogen-bond donors (Lipinski definition) is 0.